The molecule has 0 aliphatic heterocycles. The zero-order chi connectivity index (χ0) is 37.6. The van der Waals surface area contributed by atoms with Gasteiger partial charge in [-0.05, 0) is 12.8 Å². The molecule has 0 saturated carbocycles. The van der Waals surface area contributed by atoms with Crippen LogP contribution in [0.4, 0.5) is 0 Å². The molecule has 0 aliphatic rings. The first kappa shape index (κ1) is 52.0. The molecule has 0 spiro atoms. The van der Waals surface area contributed by atoms with Gasteiger partial charge in [-0.3, -0.25) is 9.59 Å². The van der Waals surface area contributed by atoms with Crippen LogP contribution < -0.4 is 0 Å². The number of rotatable bonds is 43. The smallest absolute Gasteiger partial charge is 0.303 e. The molecule has 306 valence electrons. The summed E-state index contributed by atoms with van der Waals surface area (Å²) in [6, 6.07) is 0. The lowest BCUT2D eigenvalue weighted by atomic mass is 10.0. The van der Waals surface area contributed by atoms with Crippen molar-refractivity contribution in [2.45, 2.75) is 290 Å². The SMILES string of the molecule is CCCCCCCCCCCCCCCCCCCCCCC(=O)O.CCCCCCCCCCCCCCCCCCCCCCCC(=O)O. The van der Waals surface area contributed by atoms with E-state index in [1.165, 1.54) is 238 Å². The van der Waals surface area contributed by atoms with Crippen LogP contribution in [-0.4, -0.2) is 22.2 Å². The van der Waals surface area contributed by atoms with Gasteiger partial charge in [0.15, 0.2) is 0 Å². The number of hydrogen-bond acceptors (Lipinski definition) is 2. The van der Waals surface area contributed by atoms with Crippen LogP contribution in [0.3, 0.4) is 0 Å². The molecular formula is C47H94O4. The Morgan fingerprint density at radius 1 is 0.235 bits per heavy atom. The third kappa shape index (κ3) is 55.9. The average molecular weight is 723 g/mol. The van der Waals surface area contributed by atoms with Crippen LogP contribution in [0.1, 0.15) is 290 Å². The second kappa shape index (κ2) is 48.9. The first-order valence-corrected chi connectivity index (χ1v) is 23.5. The maximum absolute atomic E-state index is 10.4. The van der Waals surface area contributed by atoms with Crippen molar-refractivity contribution in [3.63, 3.8) is 0 Å². The molecule has 0 fully saturated rings. The summed E-state index contributed by atoms with van der Waals surface area (Å²) in [4.78, 5) is 20.8. The molecule has 0 aliphatic carbocycles. The molecule has 0 amide bonds. The van der Waals surface area contributed by atoms with E-state index in [9.17, 15) is 9.59 Å². The zero-order valence-electron chi connectivity index (χ0n) is 35.1. The fourth-order valence-corrected chi connectivity index (χ4v) is 7.24. The Bertz CT molecular complexity index is 648. The van der Waals surface area contributed by atoms with Gasteiger partial charge in [-0.1, -0.05) is 264 Å². The minimum Gasteiger partial charge on any atom is -0.481 e. The lowest BCUT2D eigenvalue weighted by Gasteiger charge is -2.04. The van der Waals surface area contributed by atoms with Gasteiger partial charge in [0.05, 0.1) is 0 Å². The minimum absolute atomic E-state index is 0.346. The molecule has 0 atom stereocenters. The topological polar surface area (TPSA) is 74.6 Å². The molecule has 4 heteroatoms. The lowest BCUT2D eigenvalue weighted by Crippen LogP contribution is -1.93. The Balaban J connectivity index is 0. The second-order valence-electron chi connectivity index (χ2n) is 16.1. The number of hydrogen-bond donors (Lipinski definition) is 2. The lowest BCUT2D eigenvalue weighted by molar-refractivity contribution is -0.138. The first-order chi connectivity index (χ1) is 25.0. The number of carboxylic acids is 2. The second-order valence-corrected chi connectivity index (χ2v) is 16.1. The maximum Gasteiger partial charge on any atom is 0.303 e. The standard InChI is InChI=1S/C24H48O2.C23H46O2/c1-2-3-4-5-6-7-8-9-10-11-12-13-14-15-16-17-18-19-20-21-22-23-24(25)26;1-2-3-4-5-6-7-8-9-10-11-12-13-14-15-16-17-18-19-20-21-22-23(24)25/h2-23H2,1H3,(H,25,26);2-22H2,1H3,(H,24,25). The summed E-state index contributed by atoms with van der Waals surface area (Å²) in [5.41, 5.74) is 0. The molecular weight excluding hydrogens is 629 g/mol. The van der Waals surface area contributed by atoms with Crippen molar-refractivity contribution in [1.82, 2.24) is 0 Å². The summed E-state index contributed by atoms with van der Waals surface area (Å²) >= 11 is 0. The minimum atomic E-state index is -0.651. The van der Waals surface area contributed by atoms with Crippen molar-refractivity contribution < 1.29 is 19.8 Å². The fourth-order valence-electron chi connectivity index (χ4n) is 7.24. The summed E-state index contributed by atoms with van der Waals surface area (Å²) < 4.78 is 0. The molecule has 4 nitrogen and oxygen atoms in total. The maximum atomic E-state index is 10.4. The Morgan fingerprint density at radius 2 is 0.353 bits per heavy atom. The van der Waals surface area contributed by atoms with Crippen molar-refractivity contribution in [2.24, 2.45) is 0 Å². The average Bonchev–Trinajstić information content (AvgIpc) is 3.11. The van der Waals surface area contributed by atoms with Crippen LogP contribution in [0.15, 0.2) is 0 Å². The van der Waals surface area contributed by atoms with Crippen molar-refractivity contribution in [1.29, 1.82) is 0 Å². The van der Waals surface area contributed by atoms with E-state index in [0.29, 0.717) is 12.8 Å². The van der Waals surface area contributed by atoms with Crippen molar-refractivity contribution in [3.8, 4) is 0 Å². The largest absolute Gasteiger partial charge is 0.481 e. The highest BCUT2D eigenvalue weighted by molar-refractivity contribution is 5.66. The molecule has 51 heavy (non-hydrogen) atoms. The highest BCUT2D eigenvalue weighted by Crippen LogP contribution is 2.17. The summed E-state index contributed by atoms with van der Waals surface area (Å²) in [6.45, 7) is 4.57. The van der Waals surface area contributed by atoms with E-state index in [-0.39, 0.29) is 0 Å². The van der Waals surface area contributed by atoms with E-state index in [1.807, 2.05) is 0 Å². The van der Waals surface area contributed by atoms with Gasteiger partial charge < -0.3 is 10.2 Å². The normalized spacial score (nSPS) is 11.1. The van der Waals surface area contributed by atoms with Gasteiger partial charge in [-0.25, -0.2) is 0 Å². The number of aliphatic carboxylic acids is 2. The highest BCUT2D eigenvalue weighted by atomic mass is 16.4. The Kier molecular flexibility index (Phi) is 49.9. The number of unbranched alkanes of at least 4 members (excludes halogenated alkanes) is 39. The molecule has 0 rings (SSSR count). The van der Waals surface area contributed by atoms with Gasteiger partial charge in [0.25, 0.3) is 0 Å². The fraction of sp³-hybridized carbons (Fsp3) is 0.957. The molecule has 0 bridgehead atoms. The van der Waals surface area contributed by atoms with E-state index < -0.39 is 11.9 Å². The van der Waals surface area contributed by atoms with E-state index in [1.54, 1.807) is 0 Å². The van der Waals surface area contributed by atoms with Gasteiger partial charge in [0, 0.05) is 12.8 Å². The van der Waals surface area contributed by atoms with Gasteiger partial charge >= 0.3 is 11.9 Å². The predicted molar refractivity (Wildman–Crippen MR) is 225 cm³/mol. The zero-order valence-corrected chi connectivity index (χ0v) is 35.1. The summed E-state index contributed by atoms with van der Waals surface area (Å²) in [6.07, 6.45) is 56.6. The van der Waals surface area contributed by atoms with Crippen molar-refractivity contribution in [3.05, 3.63) is 0 Å². The van der Waals surface area contributed by atoms with Crippen LogP contribution in [-0.2, 0) is 9.59 Å². The van der Waals surface area contributed by atoms with E-state index in [2.05, 4.69) is 13.8 Å². The Hall–Kier alpha value is -1.06. The molecule has 0 aromatic heterocycles. The predicted octanol–water partition coefficient (Wildman–Crippen LogP) is 17.0. The molecule has 0 aromatic carbocycles. The van der Waals surface area contributed by atoms with Crippen molar-refractivity contribution >= 4 is 11.9 Å². The van der Waals surface area contributed by atoms with Crippen LogP contribution in [0, 0.1) is 0 Å². The molecule has 0 saturated heterocycles. The van der Waals surface area contributed by atoms with Gasteiger partial charge in [-0.15, -0.1) is 0 Å². The third-order valence-corrected chi connectivity index (χ3v) is 10.7. The van der Waals surface area contributed by atoms with E-state index >= 15 is 0 Å². The number of carbonyl (C=O) groups is 2. The van der Waals surface area contributed by atoms with Gasteiger partial charge in [0.2, 0.25) is 0 Å². The molecule has 0 radical (unpaired) electrons. The van der Waals surface area contributed by atoms with Gasteiger partial charge in [0.1, 0.15) is 0 Å². The molecule has 2 N–H and O–H groups in total. The van der Waals surface area contributed by atoms with Crippen molar-refractivity contribution in [2.75, 3.05) is 0 Å². The molecule has 0 unspecified atom stereocenters. The van der Waals surface area contributed by atoms with Crippen LogP contribution in [0.5, 0.6) is 0 Å². The van der Waals surface area contributed by atoms with E-state index in [4.69, 9.17) is 10.2 Å². The van der Waals surface area contributed by atoms with Crippen LogP contribution in [0.2, 0.25) is 0 Å². The molecule has 0 aromatic rings. The van der Waals surface area contributed by atoms with Crippen LogP contribution in [0.25, 0.3) is 0 Å². The quantitative estimate of drug-likeness (QED) is 0.0615. The van der Waals surface area contributed by atoms with Gasteiger partial charge in [-0.2, -0.15) is 0 Å². The third-order valence-electron chi connectivity index (χ3n) is 10.7. The Morgan fingerprint density at radius 3 is 0.471 bits per heavy atom. The van der Waals surface area contributed by atoms with E-state index in [0.717, 1.165) is 25.7 Å². The number of carboxylic acid groups (broad SMARTS) is 2. The highest BCUT2D eigenvalue weighted by Gasteiger charge is 1.99. The Labute approximate surface area is 320 Å². The summed E-state index contributed by atoms with van der Waals surface area (Å²) in [5, 5.41) is 17.1. The monoisotopic (exact) mass is 723 g/mol. The summed E-state index contributed by atoms with van der Waals surface area (Å²) in [5.74, 6) is -1.30. The first-order valence-electron chi connectivity index (χ1n) is 23.5. The summed E-state index contributed by atoms with van der Waals surface area (Å²) in [7, 11) is 0. The van der Waals surface area contributed by atoms with Crippen LogP contribution >= 0.6 is 0 Å². The molecule has 0 heterocycles.